The van der Waals surface area contributed by atoms with Gasteiger partial charge in [0, 0.05) is 38.5 Å². The highest BCUT2D eigenvalue weighted by Crippen LogP contribution is 2.28. The third-order valence-electron chi connectivity index (χ3n) is 5.71. The Bertz CT molecular complexity index is 399. The molecule has 0 atom stereocenters. The summed E-state index contributed by atoms with van der Waals surface area (Å²) in [6.07, 6.45) is 10.7. The van der Waals surface area contributed by atoms with Crippen LogP contribution in [0.3, 0.4) is 0 Å². The second-order valence-electron chi connectivity index (χ2n) is 7.69. The zero-order valence-corrected chi connectivity index (χ0v) is 15.5. The number of hydrogen-bond donors (Lipinski definition) is 2. The topological polar surface area (TPSA) is 61.4 Å². The molecule has 0 saturated heterocycles. The lowest BCUT2D eigenvalue weighted by atomic mass is 9.84. The number of nitrogens with zero attached hydrogens (tertiary/aromatic N) is 1. The Kier molecular flexibility index (Phi) is 8.03. The summed E-state index contributed by atoms with van der Waals surface area (Å²) in [7, 11) is 3.79. The second-order valence-corrected chi connectivity index (χ2v) is 7.69. The summed E-state index contributed by atoms with van der Waals surface area (Å²) in [6, 6.07) is 0.271. The predicted octanol–water partition coefficient (Wildman–Crippen LogP) is 2.31. The zero-order chi connectivity index (χ0) is 17.4. The SMILES string of the molecule is CNCCN(C)C(=O)C1CCC(NC(=O)CC2CCCCC2)CC1. The Morgan fingerprint density at radius 2 is 1.67 bits per heavy atom. The van der Waals surface area contributed by atoms with Gasteiger partial charge in [0.25, 0.3) is 0 Å². The standard InChI is InChI=1S/C19H35N3O2/c1-20-12-13-22(2)19(24)16-8-10-17(11-9-16)21-18(23)14-15-6-4-3-5-7-15/h15-17,20H,3-14H2,1-2H3,(H,21,23). The van der Waals surface area contributed by atoms with Gasteiger partial charge in [-0.05, 0) is 51.5 Å². The van der Waals surface area contributed by atoms with Gasteiger partial charge < -0.3 is 15.5 Å². The van der Waals surface area contributed by atoms with Crippen molar-refractivity contribution in [1.82, 2.24) is 15.5 Å². The van der Waals surface area contributed by atoms with Crippen LogP contribution in [0, 0.1) is 11.8 Å². The highest BCUT2D eigenvalue weighted by atomic mass is 16.2. The minimum Gasteiger partial charge on any atom is -0.353 e. The summed E-state index contributed by atoms with van der Waals surface area (Å²) < 4.78 is 0. The molecule has 0 unspecified atom stereocenters. The van der Waals surface area contributed by atoms with Gasteiger partial charge in [-0.15, -0.1) is 0 Å². The molecule has 0 aromatic carbocycles. The average molecular weight is 338 g/mol. The second kappa shape index (κ2) is 10.0. The molecule has 5 heteroatoms. The molecule has 2 aliphatic carbocycles. The van der Waals surface area contributed by atoms with Gasteiger partial charge in [-0.1, -0.05) is 19.3 Å². The molecule has 0 aromatic heterocycles. The van der Waals surface area contributed by atoms with Crippen molar-refractivity contribution < 1.29 is 9.59 Å². The van der Waals surface area contributed by atoms with Gasteiger partial charge >= 0.3 is 0 Å². The number of nitrogens with one attached hydrogen (secondary N) is 2. The van der Waals surface area contributed by atoms with E-state index in [9.17, 15) is 9.59 Å². The molecule has 0 heterocycles. The monoisotopic (exact) mass is 337 g/mol. The molecular weight excluding hydrogens is 302 g/mol. The van der Waals surface area contributed by atoms with E-state index in [1.165, 1.54) is 32.1 Å². The third kappa shape index (κ3) is 6.08. The van der Waals surface area contributed by atoms with Crippen molar-refractivity contribution in [2.75, 3.05) is 27.2 Å². The van der Waals surface area contributed by atoms with Gasteiger partial charge in [0.2, 0.25) is 11.8 Å². The van der Waals surface area contributed by atoms with Crippen LogP contribution in [0.1, 0.15) is 64.2 Å². The van der Waals surface area contributed by atoms with E-state index in [1.54, 1.807) is 0 Å². The first-order valence-corrected chi connectivity index (χ1v) is 9.79. The van der Waals surface area contributed by atoms with Crippen molar-refractivity contribution in [2.45, 2.75) is 70.3 Å². The molecule has 0 aliphatic heterocycles. The summed E-state index contributed by atoms with van der Waals surface area (Å²) in [5, 5.41) is 6.29. The summed E-state index contributed by atoms with van der Waals surface area (Å²) in [5.41, 5.74) is 0. The highest BCUT2D eigenvalue weighted by molar-refractivity contribution is 5.79. The van der Waals surface area contributed by atoms with Crippen LogP contribution in [0.5, 0.6) is 0 Å². The molecule has 2 fully saturated rings. The van der Waals surface area contributed by atoms with Crippen LogP contribution >= 0.6 is 0 Å². The van der Waals surface area contributed by atoms with Crippen LogP contribution < -0.4 is 10.6 Å². The summed E-state index contributed by atoms with van der Waals surface area (Å²) in [4.78, 5) is 26.5. The molecule has 2 aliphatic rings. The van der Waals surface area contributed by atoms with E-state index in [0.29, 0.717) is 12.3 Å². The zero-order valence-electron chi connectivity index (χ0n) is 15.5. The van der Waals surface area contributed by atoms with Gasteiger partial charge in [0.1, 0.15) is 0 Å². The molecule has 24 heavy (non-hydrogen) atoms. The number of carbonyl (C=O) groups is 2. The fourth-order valence-electron chi connectivity index (χ4n) is 4.13. The van der Waals surface area contributed by atoms with Crippen LogP contribution in [0.4, 0.5) is 0 Å². The van der Waals surface area contributed by atoms with E-state index in [-0.39, 0.29) is 23.8 Å². The minimum atomic E-state index is 0.137. The largest absolute Gasteiger partial charge is 0.353 e. The number of rotatable bonds is 7. The first kappa shape index (κ1) is 19.2. The van der Waals surface area contributed by atoms with Crippen molar-refractivity contribution in [3.63, 3.8) is 0 Å². The molecule has 2 N–H and O–H groups in total. The van der Waals surface area contributed by atoms with E-state index in [4.69, 9.17) is 0 Å². The summed E-state index contributed by atoms with van der Waals surface area (Å²) in [5.74, 6) is 1.22. The smallest absolute Gasteiger partial charge is 0.225 e. The molecular formula is C19H35N3O2. The molecule has 0 aromatic rings. The van der Waals surface area contributed by atoms with E-state index in [1.807, 2.05) is 19.0 Å². The highest BCUT2D eigenvalue weighted by Gasteiger charge is 2.29. The maximum atomic E-state index is 12.4. The lowest BCUT2D eigenvalue weighted by molar-refractivity contribution is -0.135. The maximum Gasteiger partial charge on any atom is 0.225 e. The summed E-state index contributed by atoms with van der Waals surface area (Å²) in [6.45, 7) is 1.59. The first-order chi connectivity index (χ1) is 11.6. The van der Waals surface area contributed by atoms with E-state index < -0.39 is 0 Å². The Morgan fingerprint density at radius 1 is 1.00 bits per heavy atom. The van der Waals surface area contributed by atoms with Crippen molar-refractivity contribution in [3.05, 3.63) is 0 Å². The van der Waals surface area contributed by atoms with Gasteiger partial charge in [-0.25, -0.2) is 0 Å². The van der Waals surface area contributed by atoms with E-state index in [2.05, 4.69) is 10.6 Å². The Morgan fingerprint density at radius 3 is 2.29 bits per heavy atom. The van der Waals surface area contributed by atoms with Gasteiger partial charge in [0.05, 0.1) is 0 Å². The van der Waals surface area contributed by atoms with E-state index in [0.717, 1.165) is 38.8 Å². The van der Waals surface area contributed by atoms with Crippen LogP contribution in [-0.2, 0) is 9.59 Å². The molecule has 138 valence electrons. The van der Waals surface area contributed by atoms with Crippen molar-refractivity contribution >= 4 is 11.8 Å². The minimum absolute atomic E-state index is 0.137. The maximum absolute atomic E-state index is 12.4. The molecule has 2 saturated carbocycles. The predicted molar refractivity (Wildman–Crippen MR) is 96.6 cm³/mol. The fraction of sp³-hybridized carbons (Fsp3) is 0.895. The lowest BCUT2D eigenvalue weighted by Crippen LogP contribution is -2.42. The molecule has 0 bridgehead atoms. The summed E-state index contributed by atoms with van der Waals surface area (Å²) >= 11 is 0. The normalized spacial score (nSPS) is 25.2. The molecule has 2 amide bonds. The molecule has 5 nitrogen and oxygen atoms in total. The van der Waals surface area contributed by atoms with Crippen LogP contribution in [0.25, 0.3) is 0 Å². The third-order valence-corrected chi connectivity index (χ3v) is 5.71. The number of likely N-dealkylation sites (N-methyl/N-ethyl adjacent to an activating group) is 2. The Balaban J connectivity index is 1.66. The number of carbonyl (C=O) groups excluding carboxylic acids is 2. The van der Waals surface area contributed by atoms with Crippen LogP contribution in [0.2, 0.25) is 0 Å². The number of hydrogen-bond acceptors (Lipinski definition) is 3. The van der Waals surface area contributed by atoms with Gasteiger partial charge in [0.15, 0.2) is 0 Å². The Labute approximate surface area is 146 Å². The molecule has 2 rings (SSSR count). The lowest BCUT2D eigenvalue weighted by Gasteiger charge is -2.31. The first-order valence-electron chi connectivity index (χ1n) is 9.79. The molecule has 0 spiro atoms. The fourth-order valence-corrected chi connectivity index (χ4v) is 4.13. The van der Waals surface area contributed by atoms with Gasteiger partial charge in [-0.2, -0.15) is 0 Å². The average Bonchev–Trinajstić information content (AvgIpc) is 2.60. The number of amides is 2. The van der Waals surface area contributed by atoms with Crippen LogP contribution in [-0.4, -0.2) is 49.9 Å². The van der Waals surface area contributed by atoms with E-state index >= 15 is 0 Å². The van der Waals surface area contributed by atoms with Gasteiger partial charge in [-0.3, -0.25) is 9.59 Å². The van der Waals surface area contributed by atoms with Crippen molar-refractivity contribution in [2.24, 2.45) is 11.8 Å². The quantitative estimate of drug-likeness (QED) is 0.749. The van der Waals surface area contributed by atoms with Crippen LogP contribution in [0.15, 0.2) is 0 Å². The Hall–Kier alpha value is -1.10. The molecule has 0 radical (unpaired) electrons. The van der Waals surface area contributed by atoms with Crippen molar-refractivity contribution in [1.29, 1.82) is 0 Å². The van der Waals surface area contributed by atoms with Crippen molar-refractivity contribution in [3.8, 4) is 0 Å².